The first kappa shape index (κ1) is 12.0. The fraction of sp³-hybridized carbons (Fsp3) is 1.00. The Morgan fingerprint density at radius 1 is 0.929 bits per heavy atom. The number of piperidine rings is 1. The number of rotatable bonds is 0. The molecule has 14 heavy (non-hydrogen) atoms. The minimum Gasteiger partial charge on any atom is -0.313 e. The Labute approximate surface area is 89.7 Å². The third-order valence-electron chi connectivity index (χ3n) is 3.50. The molecule has 0 aliphatic carbocycles. The summed E-state index contributed by atoms with van der Waals surface area (Å²) in [5.41, 5.74) is 0.823. The lowest BCUT2D eigenvalue weighted by molar-refractivity contribution is 0.0723. The van der Waals surface area contributed by atoms with Crippen molar-refractivity contribution in [1.29, 1.82) is 0 Å². The maximum Gasteiger partial charge on any atom is 0.0149 e. The fourth-order valence-electron chi connectivity index (χ4n) is 2.73. The van der Waals surface area contributed by atoms with Gasteiger partial charge in [-0.2, -0.15) is 0 Å². The van der Waals surface area contributed by atoms with E-state index in [0.717, 1.165) is 5.92 Å². The minimum atomic E-state index is 0.387. The molecule has 0 radical (unpaired) electrons. The van der Waals surface area contributed by atoms with Crippen LogP contribution in [0.2, 0.25) is 0 Å². The molecule has 1 heteroatoms. The van der Waals surface area contributed by atoms with E-state index >= 15 is 0 Å². The first-order valence-corrected chi connectivity index (χ1v) is 5.96. The molecule has 0 aromatic heterocycles. The Bertz CT molecular complexity index is 160. The lowest BCUT2D eigenvalue weighted by Crippen LogP contribution is -2.53. The summed E-state index contributed by atoms with van der Waals surface area (Å²) in [6.07, 6.45) is 2.73. The van der Waals surface area contributed by atoms with Crippen LogP contribution in [0.4, 0.5) is 0 Å². The van der Waals surface area contributed by atoms with Gasteiger partial charge in [0.05, 0.1) is 0 Å². The summed E-state index contributed by atoms with van der Waals surface area (Å²) < 4.78 is 0. The van der Waals surface area contributed by atoms with E-state index in [2.05, 4.69) is 46.9 Å². The van der Waals surface area contributed by atoms with Gasteiger partial charge < -0.3 is 5.32 Å². The molecule has 1 fully saturated rings. The molecule has 1 nitrogen and oxygen atoms in total. The largest absolute Gasteiger partial charge is 0.313 e. The maximum atomic E-state index is 3.72. The third-order valence-corrected chi connectivity index (χ3v) is 3.50. The van der Waals surface area contributed by atoms with Gasteiger partial charge in [0.25, 0.3) is 0 Å². The summed E-state index contributed by atoms with van der Waals surface area (Å²) in [7, 11) is 0. The Hall–Kier alpha value is -0.0400. The van der Waals surface area contributed by atoms with Crippen LogP contribution in [-0.2, 0) is 0 Å². The van der Waals surface area contributed by atoms with Crippen molar-refractivity contribution in [2.24, 2.45) is 16.7 Å². The van der Waals surface area contributed by atoms with Crippen molar-refractivity contribution in [3.05, 3.63) is 0 Å². The van der Waals surface area contributed by atoms with Crippen LogP contribution in [0, 0.1) is 16.7 Å². The lowest BCUT2D eigenvalue weighted by atomic mass is 9.65. The van der Waals surface area contributed by atoms with Gasteiger partial charge in [0.2, 0.25) is 0 Å². The molecule has 84 valence electrons. The van der Waals surface area contributed by atoms with Crippen LogP contribution < -0.4 is 5.32 Å². The van der Waals surface area contributed by atoms with Crippen LogP contribution in [0.25, 0.3) is 0 Å². The number of nitrogens with one attached hydrogen (secondary N) is 1. The third kappa shape index (κ3) is 2.73. The zero-order chi connectivity index (χ0) is 11.0. The van der Waals surface area contributed by atoms with Gasteiger partial charge in [-0.15, -0.1) is 0 Å². The highest BCUT2D eigenvalue weighted by Gasteiger charge is 2.39. The van der Waals surface area contributed by atoms with E-state index < -0.39 is 0 Å². The molecule has 1 heterocycles. The van der Waals surface area contributed by atoms with Gasteiger partial charge >= 0.3 is 0 Å². The molecule has 1 aliphatic heterocycles. The van der Waals surface area contributed by atoms with Gasteiger partial charge in [-0.3, -0.25) is 0 Å². The van der Waals surface area contributed by atoms with E-state index in [-0.39, 0.29) is 0 Å². The second-order valence-electron chi connectivity index (χ2n) is 6.91. The Balaban J connectivity index is 2.80. The van der Waals surface area contributed by atoms with Crippen LogP contribution in [0.15, 0.2) is 0 Å². The van der Waals surface area contributed by atoms with Crippen molar-refractivity contribution in [3.63, 3.8) is 0 Å². The van der Waals surface area contributed by atoms with Gasteiger partial charge in [-0.05, 0) is 36.1 Å². The summed E-state index contributed by atoms with van der Waals surface area (Å²) in [5, 5.41) is 3.72. The molecule has 2 unspecified atom stereocenters. The highest BCUT2D eigenvalue weighted by Crippen LogP contribution is 2.40. The van der Waals surface area contributed by atoms with Gasteiger partial charge in [-0.1, -0.05) is 41.5 Å². The van der Waals surface area contributed by atoms with Crippen LogP contribution in [-0.4, -0.2) is 12.6 Å². The summed E-state index contributed by atoms with van der Waals surface area (Å²) in [5.74, 6) is 0.816. The molecular weight excluding hydrogens is 170 g/mol. The maximum absolute atomic E-state index is 3.72. The fourth-order valence-corrected chi connectivity index (χ4v) is 2.73. The van der Waals surface area contributed by atoms with E-state index in [1.54, 1.807) is 0 Å². The Morgan fingerprint density at radius 2 is 1.50 bits per heavy atom. The predicted molar refractivity (Wildman–Crippen MR) is 63.4 cm³/mol. The molecule has 0 aromatic carbocycles. The lowest BCUT2D eigenvalue weighted by Gasteiger charge is -2.47. The second-order valence-corrected chi connectivity index (χ2v) is 6.91. The van der Waals surface area contributed by atoms with E-state index in [0.29, 0.717) is 16.9 Å². The number of hydrogen-bond donors (Lipinski definition) is 1. The Kier molecular flexibility index (Phi) is 3.30. The van der Waals surface area contributed by atoms with Gasteiger partial charge in [0, 0.05) is 6.04 Å². The van der Waals surface area contributed by atoms with E-state index in [9.17, 15) is 0 Å². The smallest absolute Gasteiger partial charge is 0.0149 e. The van der Waals surface area contributed by atoms with Crippen LogP contribution >= 0.6 is 0 Å². The highest BCUT2D eigenvalue weighted by atomic mass is 15.0. The molecular formula is C13H27N. The first-order valence-electron chi connectivity index (χ1n) is 5.96. The molecule has 0 saturated carbocycles. The molecule has 1 aliphatic rings. The van der Waals surface area contributed by atoms with E-state index in [1.807, 2.05) is 0 Å². The molecule has 0 aromatic rings. The van der Waals surface area contributed by atoms with Crippen LogP contribution in [0.5, 0.6) is 0 Å². The quantitative estimate of drug-likeness (QED) is 0.627. The van der Waals surface area contributed by atoms with Crippen molar-refractivity contribution in [2.45, 2.75) is 60.4 Å². The molecule has 1 rings (SSSR count). The second kappa shape index (κ2) is 3.84. The van der Waals surface area contributed by atoms with Crippen molar-refractivity contribution in [3.8, 4) is 0 Å². The number of hydrogen-bond acceptors (Lipinski definition) is 1. The predicted octanol–water partition coefficient (Wildman–Crippen LogP) is 3.45. The molecule has 1 saturated heterocycles. The summed E-state index contributed by atoms with van der Waals surface area (Å²) >= 11 is 0. The molecule has 0 spiro atoms. The molecule has 2 atom stereocenters. The standard InChI is InChI=1S/C13H27N/c1-12(2,3)10-8-7-9-14-11(10)13(4,5)6/h10-11,14H,7-9H2,1-6H3. The normalized spacial score (nSPS) is 30.4. The SMILES string of the molecule is CC(C)(C)C1CCCNC1C(C)(C)C. The van der Waals surface area contributed by atoms with Crippen molar-refractivity contribution < 1.29 is 0 Å². The average Bonchev–Trinajstić information content (AvgIpc) is 2.01. The van der Waals surface area contributed by atoms with E-state index in [4.69, 9.17) is 0 Å². The first-order chi connectivity index (χ1) is 6.23. The summed E-state index contributed by atoms with van der Waals surface area (Å²) in [6.45, 7) is 15.4. The van der Waals surface area contributed by atoms with Crippen LogP contribution in [0.3, 0.4) is 0 Å². The molecule has 0 amide bonds. The highest BCUT2D eigenvalue weighted by molar-refractivity contribution is 4.94. The van der Waals surface area contributed by atoms with Gasteiger partial charge in [0.1, 0.15) is 0 Å². The molecule has 1 N–H and O–H groups in total. The zero-order valence-electron chi connectivity index (χ0n) is 10.8. The van der Waals surface area contributed by atoms with Crippen molar-refractivity contribution >= 4 is 0 Å². The topological polar surface area (TPSA) is 12.0 Å². The zero-order valence-corrected chi connectivity index (χ0v) is 10.8. The summed E-state index contributed by atoms with van der Waals surface area (Å²) in [4.78, 5) is 0. The van der Waals surface area contributed by atoms with Gasteiger partial charge in [-0.25, -0.2) is 0 Å². The minimum absolute atomic E-state index is 0.387. The van der Waals surface area contributed by atoms with E-state index in [1.165, 1.54) is 19.4 Å². The van der Waals surface area contributed by atoms with Gasteiger partial charge in [0.15, 0.2) is 0 Å². The molecule has 0 bridgehead atoms. The average molecular weight is 197 g/mol. The summed E-state index contributed by atoms with van der Waals surface area (Å²) in [6, 6.07) is 0.677. The van der Waals surface area contributed by atoms with Crippen LogP contribution in [0.1, 0.15) is 54.4 Å². The monoisotopic (exact) mass is 197 g/mol. The van der Waals surface area contributed by atoms with Crippen molar-refractivity contribution in [1.82, 2.24) is 5.32 Å². The Morgan fingerprint density at radius 3 is 1.86 bits per heavy atom. The van der Waals surface area contributed by atoms with Crippen molar-refractivity contribution in [2.75, 3.05) is 6.54 Å².